The fourth-order valence-electron chi connectivity index (χ4n) is 4.23. The van der Waals surface area contributed by atoms with E-state index in [9.17, 15) is 0 Å². The summed E-state index contributed by atoms with van der Waals surface area (Å²) < 4.78 is 0. The van der Waals surface area contributed by atoms with Crippen LogP contribution in [0.15, 0.2) is 5.38 Å². The molecular weight excluding hydrogens is 240 g/mol. The molecule has 0 aromatic carbocycles. The first-order chi connectivity index (χ1) is 8.43. The lowest BCUT2D eigenvalue weighted by Crippen LogP contribution is -2.44. The SMILES string of the molecule is Cc1nc(CNC2CC3CCC2(C)C3(C)C)cs1. The van der Waals surface area contributed by atoms with Gasteiger partial charge in [-0.2, -0.15) is 0 Å². The zero-order valence-corrected chi connectivity index (χ0v) is 12.7. The summed E-state index contributed by atoms with van der Waals surface area (Å²) in [6, 6.07) is 0.674. The third-order valence-electron chi connectivity index (χ3n) is 5.99. The van der Waals surface area contributed by atoms with Crippen molar-refractivity contribution in [2.75, 3.05) is 0 Å². The van der Waals surface area contributed by atoms with E-state index in [0.29, 0.717) is 16.9 Å². The molecule has 3 heteroatoms. The van der Waals surface area contributed by atoms with Crippen LogP contribution in [0, 0.1) is 23.7 Å². The van der Waals surface area contributed by atoms with E-state index in [2.05, 4.69) is 43.4 Å². The molecule has 0 aliphatic heterocycles. The molecule has 100 valence electrons. The van der Waals surface area contributed by atoms with Gasteiger partial charge in [0.2, 0.25) is 0 Å². The molecule has 2 nitrogen and oxygen atoms in total. The van der Waals surface area contributed by atoms with Crippen molar-refractivity contribution in [1.29, 1.82) is 0 Å². The maximum Gasteiger partial charge on any atom is 0.0897 e. The van der Waals surface area contributed by atoms with Gasteiger partial charge in [-0.15, -0.1) is 11.3 Å². The second kappa shape index (κ2) is 4.04. The summed E-state index contributed by atoms with van der Waals surface area (Å²) in [6.45, 7) is 10.5. The first kappa shape index (κ1) is 12.6. The van der Waals surface area contributed by atoms with E-state index in [1.807, 2.05) is 0 Å². The summed E-state index contributed by atoms with van der Waals surface area (Å²) in [5.74, 6) is 0.914. The number of aromatic nitrogens is 1. The zero-order chi connectivity index (χ0) is 13.0. The molecule has 0 saturated heterocycles. The summed E-state index contributed by atoms with van der Waals surface area (Å²) in [7, 11) is 0. The van der Waals surface area contributed by atoms with Gasteiger partial charge < -0.3 is 5.32 Å². The number of fused-ring (bicyclic) bond motifs is 2. The smallest absolute Gasteiger partial charge is 0.0897 e. The number of hydrogen-bond acceptors (Lipinski definition) is 3. The molecule has 0 amide bonds. The number of nitrogens with zero attached hydrogens (tertiary/aromatic N) is 1. The van der Waals surface area contributed by atoms with Crippen molar-refractivity contribution in [1.82, 2.24) is 10.3 Å². The Kier molecular flexibility index (Phi) is 2.83. The van der Waals surface area contributed by atoms with Crippen molar-refractivity contribution >= 4 is 11.3 Å². The Morgan fingerprint density at radius 2 is 2.22 bits per heavy atom. The predicted molar refractivity (Wildman–Crippen MR) is 76.7 cm³/mol. The molecule has 1 aromatic rings. The van der Waals surface area contributed by atoms with Crippen LogP contribution in [-0.4, -0.2) is 11.0 Å². The van der Waals surface area contributed by atoms with Crippen LogP contribution in [0.5, 0.6) is 0 Å². The molecule has 2 aliphatic carbocycles. The van der Waals surface area contributed by atoms with Gasteiger partial charge in [-0.3, -0.25) is 0 Å². The molecule has 1 heterocycles. The Morgan fingerprint density at radius 1 is 1.44 bits per heavy atom. The summed E-state index contributed by atoms with van der Waals surface area (Å²) in [5.41, 5.74) is 2.19. The van der Waals surface area contributed by atoms with Gasteiger partial charge in [0.25, 0.3) is 0 Å². The van der Waals surface area contributed by atoms with Crippen LogP contribution in [0.4, 0.5) is 0 Å². The lowest BCUT2D eigenvalue weighted by molar-refractivity contribution is 0.120. The lowest BCUT2D eigenvalue weighted by Gasteiger charge is -2.39. The maximum absolute atomic E-state index is 4.55. The van der Waals surface area contributed by atoms with Gasteiger partial charge in [0.1, 0.15) is 0 Å². The largest absolute Gasteiger partial charge is 0.308 e. The Morgan fingerprint density at radius 3 is 2.72 bits per heavy atom. The Labute approximate surface area is 114 Å². The first-order valence-corrected chi connectivity index (χ1v) is 7.96. The summed E-state index contributed by atoms with van der Waals surface area (Å²) in [4.78, 5) is 4.55. The van der Waals surface area contributed by atoms with E-state index in [0.717, 1.165) is 12.5 Å². The number of thiazole rings is 1. The second-order valence-corrected chi connectivity index (χ2v) is 7.96. The van der Waals surface area contributed by atoms with Crippen LogP contribution in [0.25, 0.3) is 0 Å². The van der Waals surface area contributed by atoms with E-state index < -0.39 is 0 Å². The molecule has 1 N–H and O–H groups in total. The zero-order valence-electron chi connectivity index (χ0n) is 11.9. The third-order valence-corrected chi connectivity index (χ3v) is 6.81. The van der Waals surface area contributed by atoms with E-state index in [1.165, 1.54) is 30.0 Å². The molecule has 0 radical (unpaired) electrons. The molecule has 18 heavy (non-hydrogen) atoms. The third kappa shape index (κ3) is 1.67. The molecule has 0 spiro atoms. The van der Waals surface area contributed by atoms with Crippen LogP contribution < -0.4 is 5.32 Å². The molecule has 2 bridgehead atoms. The minimum absolute atomic E-state index is 0.475. The van der Waals surface area contributed by atoms with Crippen molar-refractivity contribution in [3.63, 3.8) is 0 Å². The van der Waals surface area contributed by atoms with E-state index in [-0.39, 0.29) is 0 Å². The highest BCUT2D eigenvalue weighted by molar-refractivity contribution is 7.09. The normalized spacial score (nSPS) is 37.3. The first-order valence-electron chi connectivity index (χ1n) is 7.08. The maximum atomic E-state index is 4.55. The number of nitrogens with one attached hydrogen (secondary N) is 1. The van der Waals surface area contributed by atoms with Crippen LogP contribution in [0.2, 0.25) is 0 Å². The molecule has 3 rings (SSSR count). The Bertz CT molecular complexity index is 451. The summed E-state index contributed by atoms with van der Waals surface area (Å²) in [5, 5.41) is 7.14. The molecule has 3 unspecified atom stereocenters. The average Bonchev–Trinajstić information content (AvgIpc) is 2.87. The molecule has 2 fully saturated rings. The van der Waals surface area contributed by atoms with Crippen molar-refractivity contribution in [2.45, 2.75) is 59.5 Å². The molecule has 2 saturated carbocycles. The minimum Gasteiger partial charge on any atom is -0.308 e. The molecule has 2 aliphatic rings. The van der Waals surface area contributed by atoms with Gasteiger partial charge in [0.05, 0.1) is 10.7 Å². The van der Waals surface area contributed by atoms with Gasteiger partial charge in [-0.25, -0.2) is 4.98 Å². The van der Waals surface area contributed by atoms with E-state index in [1.54, 1.807) is 11.3 Å². The average molecular weight is 264 g/mol. The summed E-state index contributed by atoms with van der Waals surface area (Å²) >= 11 is 1.75. The van der Waals surface area contributed by atoms with Gasteiger partial charge in [0, 0.05) is 18.0 Å². The minimum atomic E-state index is 0.475. The van der Waals surface area contributed by atoms with Gasteiger partial charge in [-0.05, 0) is 42.9 Å². The van der Waals surface area contributed by atoms with E-state index in [4.69, 9.17) is 0 Å². The lowest BCUT2D eigenvalue weighted by atomic mass is 9.69. The van der Waals surface area contributed by atoms with Crippen LogP contribution in [0.3, 0.4) is 0 Å². The highest BCUT2D eigenvalue weighted by Crippen LogP contribution is 2.65. The van der Waals surface area contributed by atoms with Gasteiger partial charge in [0.15, 0.2) is 0 Å². The van der Waals surface area contributed by atoms with Crippen LogP contribution >= 0.6 is 11.3 Å². The fraction of sp³-hybridized carbons (Fsp3) is 0.800. The second-order valence-electron chi connectivity index (χ2n) is 6.90. The molecule has 1 aromatic heterocycles. The van der Waals surface area contributed by atoms with Gasteiger partial charge >= 0.3 is 0 Å². The quantitative estimate of drug-likeness (QED) is 0.899. The summed E-state index contributed by atoms with van der Waals surface area (Å²) in [6.07, 6.45) is 4.17. The number of rotatable bonds is 3. The molecular formula is C15H24N2S. The highest BCUT2D eigenvalue weighted by atomic mass is 32.1. The van der Waals surface area contributed by atoms with Crippen molar-refractivity contribution in [3.05, 3.63) is 16.1 Å². The monoisotopic (exact) mass is 264 g/mol. The van der Waals surface area contributed by atoms with Crippen molar-refractivity contribution in [2.24, 2.45) is 16.7 Å². The topological polar surface area (TPSA) is 24.9 Å². The van der Waals surface area contributed by atoms with Crippen LogP contribution in [0.1, 0.15) is 50.7 Å². The van der Waals surface area contributed by atoms with Crippen molar-refractivity contribution in [3.8, 4) is 0 Å². The standard InChI is InChI=1S/C15H24N2S/c1-10-17-12(9-18-10)8-16-13-7-11-5-6-15(13,4)14(11,2)3/h9,11,13,16H,5-8H2,1-4H3. The van der Waals surface area contributed by atoms with Crippen molar-refractivity contribution < 1.29 is 0 Å². The fourth-order valence-corrected chi connectivity index (χ4v) is 4.84. The Hall–Kier alpha value is -0.410. The van der Waals surface area contributed by atoms with Gasteiger partial charge in [-0.1, -0.05) is 20.8 Å². The number of aryl methyl sites for hydroxylation is 1. The number of hydrogen-bond donors (Lipinski definition) is 1. The van der Waals surface area contributed by atoms with Crippen LogP contribution in [-0.2, 0) is 6.54 Å². The highest BCUT2D eigenvalue weighted by Gasteiger charge is 2.60. The molecule has 3 atom stereocenters. The predicted octanol–water partition coefficient (Wildman–Crippen LogP) is 3.76. The Balaban J connectivity index is 1.69. The van der Waals surface area contributed by atoms with E-state index >= 15 is 0 Å².